The van der Waals surface area contributed by atoms with Crippen LogP contribution in [0.2, 0.25) is 5.15 Å². The van der Waals surface area contributed by atoms with Crippen LogP contribution in [0.4, 0.5) is 5.69 Å². The average molecular weight is 313 g/mol. The topological polar surface area (TPSA) is 88.4 Å². The first-order chi connectivity index (χ1) is 10.0. The molecule has 0 bridgehead atoms. The second-order valence-electron chi connectivity index (χ2n) is 5.10. The lowest BCUT2D eigenvalue weighted by Crippen LogP contribution is -2.42. The molecule has 8 heteroatoms. The van der Waals surface area contributed by atoms with Crippen molar-refractivity contribution in [3.05, 3.63) is 33.1 Å². The van der Waals surface area contributed by atoms with E-state index < -0.39 is 4.92 Å². The van der Waals surface area contributed by atoms with E-state index in [4.69, 9.17) is 11.6 Å². The number of nitro groups is 1. The standard InChI is InChI=1S/C13H17ClN4O3/c1-15-6-9-3-2-4-17(8-9)13(19)10-5-12(14)16-7-11(10)18(20)21/h5,7,9,15H,2-4,6,8H2,1H3. The third-order valence-electron chi connectivity index (χ3n) is 3.58. The van der Waals surface area contributed by atoms with E-state index in [0.29, 0.717) is 19.0 Å². The number of rotatable bonds is 4. The minimum atomic E-state index is -0.606. The van der Waals surface area contributed by atoms with E-state index >= 15 is 0 Å². The molecular formula is C13H17ClN4O3. The van der Waals surface area contributed by atoms with E-state index in [1.807, 2.05) is 7.05 Å². The van der Waals surface area contributed by atoms with Crippen molar-refractivity contribution in [2.24, 2.45) is 5.92 Å². The van der Waals surface area contributed by atoms with E-state index in [1.165, 1.54) is 6.07 Å². The second kappa shape index (κ2) is 6.82. The molecule has 1 saturated heterocycles. The summed E-state index contributed by atoms with van der Waals surface area (Å²) in [5.41, 5.74) is -0.301. The highest BCUT2D eigenvalue weighted by molar-refractivity contribution is 6.29. The van der Waals surface area contributed by atoms with Crippen LogP contribution in [-0.4, -0.2) is 47.4 Å². The average Bonchev–Trinajstić information content (AvgIpc) is 2.46. The zero-order valence-corrected chi connectivity index (χ0v) is 12.5. The summed E-state index contributed by atoms with van der Waals surface area (Å²) in [5.74, 6) is 0.0101. The fourth-order valence-electron chi connectivity index (χ4n) is 2.61. The van der Waals surface area contributed by atoms with E-state index in [2.05, 4.69) is 10.3 Å². The number of carbonyl (C=O) groups is 1. The molecule has 21 heavy (non-hydrogen) atoms. The quantitative estimate of drug-likeness (QED) is 0.519. The molecule has 0 saturated carbocycles. The van der Waals surface area contributed by atoms with Crippen molar-refractivity contribution in [3.8, 4) is 0 Å². The van der Waals surface area contributed by atoms with E-state index in [-0.39, 0.29) is 22.3 Å². The highest BCUT2D eigenvalue weighted by atomic mass is 35.5. The summed E-state index contributed by atoms with van der Waals surface area (Å²) >= 11 is 5.77. The summed E-state index contributed by atoms with van der Waals surface area (Å²) in [6.07, 6.45) is 2.97. The van der Waals surface area contributed by atoms with Gasteiger partial charge in [0.15, 0.2) is 0 Å². The maximum absolute atomic E-state index is 12.5. The van der Waals surface area contributed by atoms with Gasteiger partial charge in [0.1, 0.15) is 16.9 Å². The Balaban J connectivity index is 2.23. The van der Waals surface area contributed by atoms with Crippen molar-refractivity contribution in [2.45, 2.75) is 12.8 Å². The van der Waals surface area contributed by atoms with Gasteiger partial charge >= 0.3 is 0 Å². The predicted octanol–water partition coefficient (Wildman–Crippen LogP) is 1.71. The molecule has 0 aromatic carbocycles. The Morgan fingerprint density at radius 3 is 3.10 bits per heavy atom. The normalized spacial score (nSPS) is 18.6. The first kappa shape index (κ1) is 15.7. The van der Waals surface area contributed by atoms with E-state index in [9.17, 15) is 14.9 Å². The molecule has 2 heterocycles. The first-order valence-corrected chi connectivity index (χ1v) is 7.14. The Kier molecular flexibility index (Phi) is 5.08. The molecular weight excluding hydrogens is 296 g/mol. The van der Waals surface area contributed by atoms with Crippen LogP contribution in [0.15, 0.2) is 12.3 Å². The number of likely N-dealkylation sites (tertiary alicyclic amines) is 1. The maximum Gasteiger partial charge on any atom is 0.300 e. The molecule has 1 aromatic rings. The van der Waals surface area contributed by atoms with Gasteiger partial charge in [-0.05, 0) is 38.4 Å². The highest BCUT2D eigenvalue weighted by Gasteiger charge is 2.29. The van der Waals surface area contributed by atoms with Gasteiger partial charge in [0.05, 0.1) is 4.92 Å². The zero-order valence-electron chi connectivity index (χ0n) is 11.7. The van der Waals surface area contributed by atoms with Gasteiger partial charge < -0.3 is 10.2 Å². The Labute approximate surface area is 127 Å². The number of hydrogen-bond donors (Lipinski definition) is 1. The number of nitrogens with zero attached hydrogens (tertiary/aromatic N) is 3. The van der Waals surface area contributed by atoms with Crippen molar-refractivity contribution < 1.29 is 9.72 Å². The molecule has 1 amide bonds. The molecule has 1 atom stereocenters. The molecule has 1 fully saturated rings. The molecule has 1 aliphatic heterocycles. The Bertz CT molecular complexity index is 550. The zero-order chi connectivity index (χ0) is 15.4. The Hall–Kier alpha value is -1.73. The van der Waals surface area contributed by atoms with Crippen LogP contribution in [0, 0.1) is 16.0 Å². The van der Waals surface area contributed by atoms with Crippen LogP contribution in [0.1, 0.15) is 23.2 Å². The summed E-state index contributed by atoms with van der Waals surface area (Å²) in [6, 6.07) is 1.27. The minimum Gasteiger partial charge on any atom is -0.338 e. The first-order valence-electron chi connectivity index (χ1n) is 6.76. The highest BCUT2D eigenvalue weighted by Crippen LogP contribution is 2.24. The van der Waals surface area contributed by atoms with E-state index in [1.54, 1.807) is 4.90 Å². The SMILES string of the molecule is CNCC1CCCN(C(=O)c2cc(Cl)ncc2[N+](=O)[O-])C1. The van der Waals surface area contributed by atoms with Crippen molar-refractivity contribution in [1.29, 1.82) is 0 Å². The lowest BCUT2D eigenvalue weighted by molar-refractivity contribution is -0.385. The number of carbonyl (C=O) groups excluding carboxylic acids is 1. The molecule has 114 valence electrons. The molecule has 0 aliphatic carbocycles. The molecule has 0 radical (unpaired) electrons. The van der Waals surface area contributed by atoms with Crippen LogP contribution in [0.5, 0.6) is 0 Å². The number of pyridine rings is 1. The van der Waals surface area contributed by atoms with Gasteiger partial charge in [0, 0.05) is 13.1 Å². The van der Waals surface area contributed by atoms with Gasteiger partial charge in [-0.25, -0.2) is 4.98 Å². The monoisotopic (exact) mass is 312 g/mol. The lowest BCUT2D eigenvalue weighted by atomic mass is 9.97. The number of hydrogen-bond acceptors (Lipinski definition) is 5. The summed E-state index contributed by atoms with van der Waals surface area (Å²) in [6.45, 7) is 2.02. The van der Waals surface area contributed by atoms with Gasteiger partial charge in [-0.1, -0.05) is 11.6 Å². The Morgan fingerprint density at radius 2 is 2.43 bits per heavy atom. The van der Waals surface area contributed by atoms with Gasteiger partial charge in [-0.15, -0.1) is 0 Å². The van der Waals surface area contributed by atoms with Crippen molar-refractivity contribution in [2.75, 3.05) is 26.7 Å². The van der Waals surface area contributed by atoms with Crippen molar-refractivity contribution >= 4 is 23.2 Å². The number of halogens is 1. The number of piperidine rings is 1. The van der Waals surface area contributed by atoms with Gasteiger partial charge in [-0.2, -0.15) is 0 Å². The number of amides is 1. The third kappa shape index (κ3) is 3.68. The molecule has 2 rings (SSSR count). The van der Waals surface area contributed by atoms with Crippen molar-refractivity contribution in [1.82, 2.24) is 15.2 Å². The Morgan fingerprint density at radius 1 is 1.67 bits per heavy atom. The van der Waals surface area contributed by atoms with Gasteiger partial charge in [-0.3, -0.25) is 14.9 Å². The molecule has 1 aliphatic rings. The molecule has 1 aromatic heterocycles. The molecule has 1 unspecified atom stereocenters. The molecule has 7 nitrogen and oxygen atoms in total. The van der Waals surface area contributed by atoms with Crippen LogP contribution in [-0.2, 0) is 0 Å². The fourth-order valence-corrected chi connectivity index (χ4v) is 2.77. The van der Waals surface area contributed by atoms with Crippen LogP contribution >= 0.6 is 11.6 Å². The molecule has 0 spiro atoms. The molecule has 1 N–H and O–H groups in total. The fraction of sp³-hybridized carbons (Fsp3) is 0.538. The van der Waals surface area contributed by atoms with Crippen LogP contribution in [0.3, 0.4) is 0 Å². The number of nitrogens with one attached hydrogen (secondary N) is 1. The van der Waals surface area contributed by atoms with Gasteiger partial charge in [0.2, 0.25) is 0 Å². The predicted molar refractivity (Wildman–Crippen MR) is 78.5 cm³/mol. The van der Waals surface area contributed by atoms with Crippen LogP contribution < -0.4 is 5.32 Å². The van der Waals surface area contributed by atoms with Crippen molar-refractivity contribution in [3.63, 3.8) is 0 Å². The lowest BCUT2D eigenvalue weighted by Gasteiger charge is -2.32. The maximum atomic E-state index is 12.5. The summed E-state index contributed by atoms with van der Waals surface area (Å²) in [7, 11) is 1.87. The van der Waals surface area contributed by atoms with E-state index in [0.717, 1.165) is 25.6 Å². The second-order valence-corrected chi connectivity index (χ2v) is 5.49. The third-order valence-corrected chi connectivity index (χ3v) is 3.78. The minimum absolute atomic E-state index is 0.00473. The van der Waals surface area contributed by atoms with Gasteiger partial charge in [0.25, 0.3) is 11.6 Å². The summed E-state index contributed by atoms with van der Waals surface area (Å²) < 4.78 is 0. The largest absolute Gasteiger partial charge is 0.338 e. The van der Waals surface area contributed by atoms with Crippen LogP contribution in [0.25, 0.3) is 0 Å². The number of aromatic nitrogens is 1. The summed E-state index contributed by atoms with van der Waals surface area (Å²) in [5, 5.41) is 14.2. The summed E-state index contributed by atoms with van der Waals surface area (Å²) in [4.78, 5) is 28.3. The smallest absolute Gasteiger partial charge is 0.300 e.